The Morgan fingerprint density at radius 2 is 0.884 bits per heavy atom. The molecule has 0 aliphatic rings. The van der Waals surface area contributed by atoms with E-state index < -0.39 is 5.41 Å². The number of methoxy groups -OCH3 is 2. The van der Waals surface area contributed by atoms with Crippen LogP contribution in [0.4, 0.5) is 0 Å². The first-order valence-corrected chi connectivity index (χ1v) is 16.2. The lowest BCUT2D eigenvalue weighted by Crippen LogP contribution is -2.20. The lowest BCUT2D eigenvalue weighted by atomic mass is 9.78. The monoisotopic (exact) mass is 836 g/mol. The third-order valence-corrected chi connectivity index (χ3v) is 9.24. The normalized spacial score (nSPS) is 11.2. The van der Waals surface area contributed by atoms with Crippen LogP contribution >= 0.6 is 63.7 Å². The van der Waals surface area contributed by atoms with E-state index in [1.165, 1.54) is 0 Å². The minimum atomic E-state index is -0.479. The quantitative estimate of drug-likeness (QED) is 0.117. The second-order valence-electron chi connectivity index (χ2n) is 10.2. The molecule has 0 saturated carbocycles. The van der Waals surface area contributed by atoms with Gasteiger partial charge in [-0.1, -0.05) is 38.1 Å². The Hall–Kier alpha value is -2.66. The summed E-state index contributed by atoms with van der Waals surface area (Å²) >= 11 is 14.4. The molecule has 0 bridgehead atoms. The number of benzene rings is 4. The van der Waals surface area contributed by atoms with Crippen molar-refractivity contribution in [2.75, 3.05) is 14.2 Å². The lowest BCUT2D eigenvalue weighted by Gasteiger charge is -2.28. The third-order valence-electron chi connectivity index (χ3n) is 6.89. The van der Waals surface area contributed by atoms with Crippen LogP contribution in [-0.2, 0) is 27.8 Å². The van der Waals surface area contributed by atoms with Gasteiger partial charge in [0.1, 0.15) is 11.5 Å². The van der Waals surface area contributed by atoms with E-state index in [1.54, 1.807) is 38.5 Å². The Balaban J connectivity index is 1.49. The standard InChI is InChI=1S/C33H28Br4O6/c1-33(2,21-15-25(34)31(26(35)16-21)42-29(38)13-19-5-9-23(40-3)10-6-19)22-17-27(36)32(28(37)18-22)43-30(39)14-20-7-11-24(41-4)12-8-20/h5-12,15-18H,13-14H2,1-4H3. The van der Waals surface area contributed by atoms with Crippen molar-refractivity contribution >= 4 is 75.7 Å². The van der Waals surface area contributed by atoms with Gasteiger partial charge >= 0.3 is 11.9 Å². The maximum absolute atomic E-state index is 12.7. The minimum absolute atomic E-state index is 0.120. The fraction of sp³-hybridized carbons (Fsp3) is 0.212. The zero-order chi connectivity index (χ0) is 31.3. The highest BCUT2D eigenvalue weighted by Crippen LogP contribution is 2.44. The van der Waals surface area contributed by atoms with Crippen LogP contribution in [0.15, 0.2) is 90.7 Å². The van der Waals surface area contributed by atoms with E-state index in [4.69, 9.17) is 18.9 Å². The number of carbonyl (C=O) groups is 2. The van der Waals surface area contributed by atoms with E-state index in [2.05, 4.69) is 77.6 Å². The van der Waals surface area contributed by atoms with Crippen LogP contribution < -0.4 is 18.9 Å². The summed E-state index contributed by atoms with van der Waals surface area (Å²) in [7, 11) is 3.19. The number of halogens is 4. The summed E-state index contributed by atoms with van der Waals surface area (Å²) < 4.78 is 24.3. The molecule has 0 aromatic heterocycles. The zero-order valence-corrected chi connectivity index (χ0v) is 30.1. The molecular formula is C33H28Br4O6. The van der Waals surface area contributed by atoms with Crippen LogP contribution in [0.3, 0.4) is 0 Å². The molecule has 0 saturated heterocycles. The highest BCUT2D eigenvalue weighted by Gasteiger charge is 2.28. The number of hydrogen-bond acceptors (Lipinski definition) is 6. The van der Waals surface area contributed by atoms with Gasteiger partial charge in [0, 0.05) is 5.41 Å². The van der Waals surface area contributed by atoms with E-state index in [9.17, 15) is 9.59 Å². The van der Waals surface area contributed by atoms with Crippen molar-refractivity contribution in [1.82, 2.24) is 0 Å². The van der Waals surface area contributed by atoms with Crippen molar-refractivity contribution in [3.8, 4) is 23.0 Å². The first-order valence-electron chi connectivity index (χ1n) is 13.1. The molecule has 4 aromatic rings. The van der Waals surface area contributed by atoms with E-state index in [-0.39, 0.29) is 24.8 Å². The molecule has 0 unspecified atom stereocenters. The molecule has 0 N–H and O–H groups in total. The molecule has 0 aliphatic carbocycles. The van der Waals surface area contributed by atoms with Crippen molar-refractivity contribution < 1.29 is 28.5 Å². The molecular weight excluding hydrogens is 812 g/mol. The van der Waals surface area contributed by atoms with Crippen molar-refractivity contribution in [3.63, 3.8) is 0 Å². The maximum atomic E-state index is 12.7. The van der Waals surface area contributed by atoms with Gasteiger partial charge in [-0.15, -0.1) is 0 Å². The maximum Gasteiger partial charge on any atom is 0.315 e. The van der Waals surface area contributed by atoms with Crippen LogP contribution in [0.1, 0.15) is 36.1 Å². The average Bonchev–Trinajstić information content (AvgIpc) is 2.97. The van der Waals surface area contributed by atoms with Crippen LogP contribution in [0.2, 0.25) is 0 Å². The first-order chi connectivity index (χ1) is 20.4. The molecule has 224 valence electrons. The van der Waals surface area contributed by atoms with Crippen molar-refractivity contribution in [2.24, 2.45) is 0 Å². The van der Waals surface area contributed by atoms with Gasteiger partial charge < -0.3 is 18.9 Å². The van der Waals surface area contributed by atoms with Gasteiger partial charge in [0.15, 0.2) is 11.5 Å². The fourth-order valence-corrected chi connectivity index (χ4v) is 7.02. The van der Waals surface area contributed by atoms with Gasteiger partial charge in [0.25, 0.3) is 0 Å². The third kappa shape index (κ3) is 8.29. The number of rotatable bonds is 10. The summed E-state index contributed by atoms with van der Waals surface area (Å²) in [6.07, 6.45) is 0.240. The second-order valence-corrected chi connectivity index (χ2v) is 13.6. The molecule has 10 heteroatoms. The van der Waals surface area contributed by atoms with Crippen molar-refractivity contribution in [1.29, 1.82) is 0 Å². The zero-order valence-electron chi connectivity index (χ0n) is 23.8. The lowest BCUT2D eigenvalue weighted by molar-refractivity contribution is -0.134. The molecule has 0 atom stereocenters. The van der Waals surface area contributed by atoms with Gasteiger partial charge in [-0.25, -0.2) is 0 Å². The van der Waals surface area contributed by atoms with Gasteiger partial charge in [-0.05, 0) is 135 Å². The molecule has 6 nitrogen and oxygen atoms in total. The average molecular weight is 840 g/mol. The van der Waals surface area contributed by atoms with E-state index in [0.717, 1.165) is 33.8 Å². The smallest absolute Gasteiger partial charge is 0.315 e. The fourth-order valence-electron chi connectivity index (χ4n) is 4.32. The molecule has 4 rings (SSSR count). The SMILES string of the molecule is COc1ccc(CC(=O)Oc2c(Br)cc(C(C)(C)c3cc(Br)c(OC(=O)Cc4ccc(OC)cc4)c(Br)c3)cc2Br)cc1. The topological polar surface area (TPSA) is 71.1 Å². The molecule has 4 aromatic carbocycles. The minimum Gasteiger partial charge on any atom is -0.497 e. The largest absolute Gasteiger partial charge is 0.497 e. The summed E-state index contributed by atoms with van der Waals surface area (Å²) in [5, 5.41) is 0. The molecule has 0 fully saturated rings. The van der Waals surface area contributed by atoms with Crippen LogP contribution in [0, 0.1) is 0 Å². The van der Waals surface area contributed by atoms with Gasteiger partial charge in [0.05, 0.1) is 45.0 Å². The second kappa shape index (κ2) is 14.4. The van der Waals surface area contributed by atoms with E-state index in [1.807, 2.05) is 48.5 Å². The molecule has 0 radical (unpaired) electrons. The molecule has 0 heterocycles. The number of ether oxygens (including phenoxy) is 4. The first kappa shape index (κ1) is 33.2. The van der Waals surface area contributed by atoms with Crippen molar-refractivity contribution in [3.05, 3.63) is 113 Å². The molecule has 0 aliphatic heterocycles. The molecule has 0 spiro atoms. The van der Waals surface area contributed by atoms with Gasteiger partial charge in [-0.3, -0.25) is 9.59 Å². The Kier molecular flexibility index (Phi) is 11.1. The summed E-state index contributed by atoms with van der Waals surface area (Å²) in [6, 6.07) is 22.3. The summed E-state index contributed by atoms with van der Waals surface area (Å²) in [5.74, 6) is 1.48. The Morgan fingerprint density at radius 1 is 0.581 bits per heavy atom. The predicted molar refractivity (Wildman–Crippen MR) is 180 cm³/mol. The number of esters is 2. The summed E-state index contributed by atoms with van der Waals surface area (Å²) in [6.45, 7) is 4.17. The van der Waals surface area contributed by atoms with E-state index in [0.29, 0.717) is 29.4 Å². The highest BCUT2D eigenvalue weighted by molar-refractivity contribution is 9.11. The number of hydrogen-bond donors (Lipinski definition) is 0. The van der Waals surface area contributed by atoms with Gasteiger partial charge in [-0.2, -0.15) is 0 Å². The highest BCUT2D eigenvalue weighted by atomic mass is 79.9. The van der Waals surface area contributed by atoms with Gasteiger partial charge in [0.2, 0.25) is 0 Å². The molecule has 43 heavy (non-hydrogen) atoms. The Bertz CT molecular complexity index is 1470. The van der Waals surface area contributed by atoms with Crippen LogP contribution in [0.25, 0.3) is 0 Å². The Morgan fingerprint density at radius 3 is 1.16 bits per heavy atom. The number of carbonyl (C=O) groups excluding carboxylic acids is 2. The Labute approximate surface area is 284 Å². The molecule has 0 amide bonds. The van der Waals surface area contributed by atoms with E-state index >= 15 is 0 Å². The summed E-state index contributed by atoms with van der Waals surface area (Å²) in [5.41, 5.74) is 3.09. The van der Waals surface area contributed by atoms with Crippen LogP contribution in [-0.4, -0.2) is 26.2 Å². The van der Waals surface area contributed by atoms with Crippen LogP contribution in [0.5, 0.6) is 23.0 Å². The van der Waals surface area contributed by atoms with Crippen molar-refractivity contribution in [2.45, 2.75) is 32.1 Å². The predicted octanol–water partition coefficient (Wildman–Crippen LogP) is 9.38. The summed E-state index contributed by atoms with van der Waals surface area (Å²) in [4.78, 5) is 25.4.